The van der Waals surface area contributed by atoms with Crippen LogP contribution in [0.4, 0.5) is 4.79 Å². The SMILES string of the molecule is CC[C@H](CC(=O)NCC1CCC(C(=O)O)CC1)NC(=O)OCC1c2ccccc2-c2ccccc21. The second-order valence-electron chi connectivity index (χ2n) is 9.64. The van der Waals surface area contributed by atoms with Crippen LogP contribution in [0, 0.1) is 11.8 Å². The molecular weight excluding hydrogens is 444 g/mol. The van der Waals surface area contributed by atoms with Gasteiger partial charge in [-0.15, -0.1) is 0 Å². The number of aliphatic carboxylic acids is 1. The van der Waals surface area contributed by atoms with Crippen LogP contribution in [-0.2, 0) is 14.3 Å². The average Bonchev–Trinajstić information content (AvgIpc) is 3.19. The first-order chi connectivity index (χ1) is 17.0. The summed E-state index contributed by atoms with van der Waals surface area (Å²) in [5.74, 6) is -0.793. The van der Waals surface area contributed by atoms with Crippen molar-refractivity contribution in [3.05, 3.63) is 59.7 Å². The number of ether oxygens (including phenoxy) is 1. The van der Waals surface area contributed by atoms with Gasteiger partial charge in [-0.05, 0) is 60.3 Å². The highest BCUT2D eigenvalue weighted by molar-refractivity contribution is 5.79. The Balaban J connectivity index is 1.23. The van der Waals surface area contributed by atoms with Crippen molar-refractivity contribution >= 4 is 18.0 Å². The molecule has 0 bridgehead atoms. The molecule has 1 saturated carbocycles. The molecule has 2 aromatic carbocycles. The summed E-state index contributed by atoms with van der Waals surface area (Å²) in [6, 6.07) is 16.1. The largest absolute Gasteiger partial charge is 0.481 e. The van der Waals surface area contributed by atoms with Gasteiger partial charge in [0, 0.05) is 24.9 Å². The molecule has 0 saturated heterocycles. The van der Waals surface area contributed by atoms with Gasteiger partial charge in [0.25, 0.3) is 0 Å². The summed E-state index contributed by atoms with van der Waals surface area (Å²) in [4.78, 5) is 36.1. The Morgan fingerprint density at radius 2 is 1.57 bits per heavy atom. The Morgan fingerprint density at radius 3 is 2.14 bits per heavy atom. The number of carbonyl (C=O) groups is 3. The zero-order valence-electron chi connectivity index (χ0n) is 20.2. The molecule has 7 nitrogen and oxygen atoms in total. The van der Waals surface area contributed by atoms with E-state index < -0.39 is 12.1 Å². The number of hydrogen-bond donors (Lipinski definition) is 3. The Hall–Kier alpha value is -3.35. The highest BCUT2D eigenvalue weighted by Crippen LogP contribution is 2.44. The van der Waals surface area contributed by atoms with Gasteiger partial charge >= 0.3 is 12.1 Å². The molecule has 2 aromatic rings. The van der Waals surface area contributed by atoms with Crippen LogP contribution in [0.1, 0.15) is 62.5 Å². The van der Waals surface area contributed by atoms with E-state index in [-0.39, 0.29) is 36.8 Å². The molecule has 1 fully saturated rings. The summed E-state index contributed by atoms with van der Waals surface area (Å²) in [6.07, 6.45) is 3.23. The van der Waals surface area contributed by atoms with Crippen LogP contribution in [0.25, 0.3) is 11.1 Å². The second kappa shape index (κ2) is 11.4. The van der Waals surface area contributed by atoms with Gasteiger partial charge in [0.2, 0.25) is 5.91 Å². The number of fused-ring (bicyclic) bond motifs is 3. The normalized spacial score (nSPS) is 19.8. The number of benzene rings is 2. The topological polar surface area (TPSA) is 105 Å². The summed E-state index contributed by atoms with van der Waals surface area (Å²) in [6.45, 7) is 2.71. The van der Waals surface area contributed by atoms with E-state index in [9.17, 15) is 14.4 Å². The molecule has 0 unspecified atom stereocenters. The molecule has 1 atom stereocenters. The van der Waals surface area contributed by atoms with E-state index >= 15 is 0 Å². The van der Waals surface area contributed by atoms with Gasteiger partial charge in [0.1, 0.15) is 6.61 Å². The van der Waals surface area contributed by atoms with Crippen molar-refractivity contribution in [1.82, 2.24) is 10.6 Å². The number of hydrogen-bond acceptors (Lipinski definition) is 4. The van der Waals surface area contributed by atoms with Crippen LogP contribution in [0.3, 0.4) is 0 Å². The number of carboxylic acids is 1. The molecule has 186 valence electrons. The average molecular weight is 479 g/mol. The molecule has 2 amide bonds. The van der Waals surface area contributed by atoms with E-state index in [1.54, 1.807) is 0 Å². The van der Waals surface area contributed by atoms with E-state index in [1.807, 2.05) is 31.2 Å². The molecule has 35 heavy (non-hydrogen) atoms. The summed E-state index contributed by atoms with van der Waals surface area (Å²) in [5.41, 5.74) is 4.67. The van der Waals surface area contributed by atoms with E-state index in [0.29, 0.717) is 31.7 Å². The highest BCUT2D eigenvalue weighted by Gasteiger charge is 2.29. The lowest BCUT2D eigenvalue weighted by molar-refractivity contribution is -0.143. The molecule has 4 rings (SSSR count). The fraction of sp³-hybridized carbons (Fsp3) is 0.464. The lowest BCUT2D eigenvalue weighted by atomic mass is 9.82. The molecule has 0 aromatic heterocycles. The van der Waals surface area contributed by atoms with E-state index in [0.717, 1.165) is 24.0 Å². The molecular formula is C28H34N2O5. The Morgan fingerprint density at radius 1 is 0.971 bits per heavy atom. The van der Waals surface area contributed by atoms with Gasteiger partial charge in [-0.25, -0.2) is 4.79 Å². The maximum atomic E-state index is 12.6. The van der Waals surface area contributed by atoms with Gasteiger partial charge in [0.15, 0.2) is 0 Å². The van der Waals surface area contributed by atoms with Gasteiger partial charge < -0.3 is 20.5 Å². The van der Waals surface area contributed by atoms with Crippen molar-refractivity contribution in [3.8, 4) is 11.1 Å². The minimum absolute atomic E-state index is 0.00672. The molecule has 2 aliphatic rings. The van der Waals surface area contributed by atoms with Crippen molar-refractivity contribution in [1.29, 1.82) is 0 Å². The highest BCUT2D eigenvalue weighted by atomic mass is 16.5. The van der Waals surface area contributed by atoms with Gasteiger partial charge in [-0.2, -0.15) is 0 Å². The van der Waals surface area contributed by atoms with E-state index in [1.165, 1.54) is 11.1 Å². The van der Waals surface area contributed by atoms with Crippen LogP contribution in [0.5, 0.6) is 0 Å². The van der Waals surface area contributed by atoms with Crippen LogP contribution < -0.4 is 10.6 Å². The standard InChI is InChI=1S/C28H34N2O5/c1-2-20(15-26(31)29-16-18-11-13-19(14-12-18)27(32)33)30-28(34)35-17-25-23-9-5-3-7-21(23)22-8-4-6-10-24(22)25/h3-10,18-20,25H,2,11-17H2,1H3,(H,29,31)(H,30,34)(H,32,33)/t18?,19?,20-/m1/s1. The lowest BCUT2D eigenvalue weighted by Gasteiger charge is -2.26. The first kappa shape index (κ1) is 24.8. The molecule has 7 heteroatoms. The molecule has 0 heterocycles. The van der Waals surface area contributed by atoms with Gasteiger partial charge in [-0.3, -0.25) is 9.59 Å². The number of carboxylic acid groups (broad SMARTS) is 1. The fourth-order valence-corrected chi connectivity index (χ4v) is 5.27. The summed E-state index contributed by atoms with van der Waals surface area (Å²) < 4.78 is 5.61. The molecule has 2 aliphatic carbocycles. The minimum Gasteiger partial charge on any atom is -0.481 e. The predicted octanol–water partition coefficient (Wildman–Crippen LogP) is 4.70. The first-order valence-electron chi connectivity index (χ1n) is 12.6. The fourth-order valence-electron chi connectivity index (χ4n) is 5.27. The molecule has 0 radical (unpaired) electrons. The van der Waals surface area contributed by atoms with Crippen LogP contribution >= 0.6 is 0 Å². The number of nitrogens with one attached hydrogen (secondary N) is 2. The lowest BCUT2D eigenvalue weighted by Crippen LogP contribution is -2.40. The molecule has 3 N–H and O–H groups in total. The van der Waals surface area contributed by atoms with Crippen molar-refractivity contribution in [3.63, 3.8) is 0 Å². The quantitative estimate of drug-likeness (QED) is 0.485. The third-order valence-electron chi connectivity index (χ3n) is 7.37. The smallest absolute Gasteiger partial charge is 0.407 e. The Kier molecular flexibility index (Phi) is 8.06. The van der Waals surface area contributed by atoms with Crippen molar-refractivity contribution in [2.24, 2.45) is 11.8 Å². The summed E-state index contributed by atoms with van der Waals surface area (Å²) in [7, 11) is 0. The number of amides is 2. The van der Waals surface area contributed by atoms with E-state index in [2.05, 4.69) is 34.9 Å². The maximum absolute atomic E-state index is 12.6. The third kappa shape index (κ3) is 6.02. The monoisotopic (exact) mass is 478 g/mol. The summed E-state index contributed by atoms with van der Waals surface area (Å²) >= 11 is 0. The second-order valence-corrected chi connectivity index (χ2v) is 9.64. The third-order valence-corrected chi connectivity index (χ3v) is 7.37. The number of carbonyl (C=O) groups excluding carboxylic acids is 2. The summed E-state index contributed by atoms with van der Waals surface area (Å²) in [5, 5.41) is 14.9. The number of alkyl carbamates (subject to hydrolysis) is 1. The number of rotatable bonds is 9. The Labute approximate surface area is 206 Å². The Bertz CT molecular complexity index is 1020. The molecule has 0 spiro atoms. The van der Waals surface area contributed by atoms with Crippen molar-refractivity contribution in [2.75, 3.05) is 13.2 Å². The zero-order valence-corrected chi connectivity index (χ0v) is 20.2. The van der Waals surface area contributed by atoms with Crippen molar-refractivity contribution < 1.29 is 24.2 Å². The predicted molar refractivity (Wildman–Crippen MR) is 133 cm³/mol. The van der Waals surface area contributed by atoms with Crippen LogP contribution in [0.2, 0.25) is 0 Å². The first-order valence-corrected chi connectivity index (χ1v) is 12.6. The van der Waals surface area contributed by atoms with Crippen molar-refractivity contribution in [2.45, 2.75) is 57.4 Å². The molecule has 0 aliphatic heterocycles. The zero-order chi connectivity index (χ0) is 24.8. The van der Waals surface area contributed by atoms with Gasteiger partial charge in [0.05, 0.1) is 5.92 Å². The van der Waals surface area contributed by atoms with E-state index in [4.69, 9.17) is 9.84 Å². The maximum Gasteiger partial charge on any atom is 0.407 e. The van der Waals surface area contributed by atoms with Crippen LogP contribution in [-0.4, -0.2) is 42.3 Å². The van der Waals surface area contributed by atoms with Crippen LogP contribution in [0.15, 0.2) is 48.5 Å². The minimum atomic E-state index is -0.724. The van der Waals surface area contributed by atoms with Gasteiger partial charge in [-0.1, -0.05) is 55.5 Å².